The van der Waals surface area contributed by atoms with Crippen LogP contribution in [0.4, 0.5) is 11.6 Å². The Kier molecular flexibility index (Phi) is 7.52. The van der Waals surface area contributed by atoms with Gasteiger partial charge in [-0.1, -0.05) is 45.9 Å². The number of rotatable bonds is 8. The molecular formula is C22H33N5O. The lowest BCUT2D eigenvalue weighted by Crippen LogP contribution is -2.23. The SMILES string of the molecule is Cc1cc(C(=O)Nc2c(C(C)C)cccc2C(C)C)nc(NCCN(C)C)n1. The molecule has 0 fully saturated rings. The van der Waals surface area contributed by atoms with Crippen molar-refractivity contribution in [2.45, 2.75) is 46.5 Å². The van der Waals surface area contributed by atoms with Crippen LogP contribution in [0.25, 0.3) is 0 Å². The molecule has 0 unspecified atom stereocenters. The zero-order valence-electron chi connectivity index (χ0n) is 18.1. The van der Waals surface area contributed by atoms with Crippen LogP contribution < -0.4 is 10.6 Å². The van der Waals surface area contributed by atoms with Crippen molar-refractivity contribution in [3.05, 3.63) is 46.8 Å². The van der Waals surface area contributed by atoms with Crippen molar-refractivity contribution >= 4 is 17.5 Å². The Balaban J connectivity index is 2.29. The second-order valence-electron chi connectivity index (χ2n) is 8.02. The summed E-state index contributed by atoms with van der Waals surface area (Å²) in [5, 5.41) is 6.31. The van der Waals surface area contributed by atoms with Crippen molar-refractivity contribution in [3.63, 3.8) is 0 Å². The van der Waals surface area contributed by atoms with E-state index < -0.39 is 0 Å². The number of aromatic nitrogens is 2. The lowest BCUT2D eigenvalue weighted by atomic mass is 9.92. The lowest BCUT2D eigenvalue weighted by molar-refractivity contribution is 0.102. The summed E-state index contributed by atoms with van der Waals surface area (Å²) in [7, 11) is 4.02. The molecule has 152 valence electrons. The van der Waals surface area contributed by atoms with Gasteiger partial charge in [-0.25, -0.2) is 9.97 Å². The Morgan fingerprint density at radius 2 is 1.68 bits per heavy atom. The molecule has 0 aliphatic carbocycles. The van der Waals surface area contributed by atoms with Gasteiger partial charge in [-0.2, -0.15) is 0 Å². The Labute approximate surface area is 168 Å². The smallest absolute Gasteiger partial charge is 0.274 e. The number of nitrogens with one attached hydrogen (secondary N) is 2. The number of likely N-dealkylation sites (N-methyl/N-ethyl adjacent to an activating group) is 1. The number of nitrogens with zero attached hydrogens (tertiary/aromatic N) is 3. The first kappa shape index (κ1) is 21.8. The third kappa shape index (κ3) is 5.76. The highest BCUT2D eigenvalue weighted by Gasteiger charge is 2.18. The van der Waals surface area contributed by atoms with Gasteiger partial charge >= 0.3 is 0 Å². The molecule has 0 spiro atoms. The highest BCUT2D eigenvalue weighted by Crippen LogP contribution is 2.32. The van der Waals surface area contributed by atoms with E-state index in [2.05, 4.69) is 71.4 Å². The lowest BCUT2D eigenvalue weighted by Gasteiger charge is -2.20. The predicted octanol–water partition coefficient (Wildman–Crippen LogP) is 4.26. The van der Waals surface area contributed by atoms with E-state index in [4.69, 9.17) is 0 Å². The predicted molar refractivity (Wildman–Crippen MR) is 116 cm³/mol. The van der Waals surface area contributed by atoms with Gasteiger partial charge in [0.05, 0.1) is 0 Å². The topological polar surface area (TPSA) is 70.2 Å². The maximum absolute atomic E-state index is 13.0. The minimum absolute atomic E-state index is 0.212. The van der Waals surface area contributed by atoms with Crippen molar-refractivity contribution < 1.29 is 4.79 Å². The second kappa shape index (κ2) is 9.64. The maximum Gasteiger partial charge on any atom is 0.274 e. The van der Waals surface area contributed by atoms with Gasteiger partial charge in [0.15, 0.2) is 0 Å². The molecule has 0 bridgehead atoms. The standard InChI is InChI=1S/C22H33N5O/c1-14(2)17-9-8-10-18(15(3)4)20(17)26-21(28)19-13-16(5)24-22(25-19)23-11-12-27(6)7/h8-10,13-15H,11-12H2,1-7H3,(H,26,28)(H,23,24,25). The average molecular weight is 384 g/mol. The van der Waals surface area contributed by atoms with Crippen LogP contribution in [0.15, 0.2) is 24.3 Å². The molecule has 0 saturated heterocycles. The summed E-state index contributed by atoms with van der Waals surface area (Å²) < 4.78 is 0. The van der Waals surface area contributed by atoms with E-state index in [0.29, 0.717) is 30.0 Å². The molecule has 2 N–H and O–H groups in total. The van der Waals surface area contributed by atoms with Gasteiger partial charge < -0.3 is 15.5 Å². The normalized spacial score (nSPS) is 11.4. The molecule has 0 atom stereocenters. The van der Waals surface area contributed by atoms with Crippen molar-refractivity contribution in [1.29, 1.82) is 0 Å². The molecule has 2 aromatic rings. The van der Waals surface area contributed by atoms with Crippen molar-refractivity contribution in [2.75, 3.05) is 37.8 Å². The molecule has 0 saturated carbocycles. The van der Waals surface area contributed by atoms with Gasteiger partial charge in [-0.3, -0.25) is 4.79 Å². The summed E-state index contributed by atoms with van der Waals surface area (Å²) in [6.07, 6.45) is 0. The Bertz CT molecular complexity index is 788. The molecule has 0 aliphatic rings. The Hall–Kier alpha value is -2.47. The fraction of sp³-hybridized carbons (Fsp3) is 0.500. The largest absolute Gasteiger partial charge is 0.353 e. The van der Waals surface area contributed by atoms with Crippen molar-refractivity contribution in [3.8, 4) is 0 Å². The van der Waals surface area contributed by atoms with Gasteiger partial charge in [0.2, 0.25) is 5.95 Å². The molecule has 1 amide bonds. The Morgan fingerprint density at radius 3 is 2.21 bits per heavy atom. The summed E-state index contributed by atoms with van der Waals surface area (Å²) >= 11 is 0. The van der Waals surface area contributed by atoms with E-state index in [1.165, 1.54) is 0 Å². The first-order valence-corrected chi connectivity index (χ1v) is 9.87. The number of hydrogen-bond acceptors (Lipinski definition) is 5. The van der Waals surface area contributed by atoms with Crippen LogP contribution in [-0.4, -0.2) is 48.0 Å². The van der Waals surface area contributed by atoms with E-state index >= 15 is 0 Å². The number of anilines is 2. The summed E-state index contributed by atoms with van der Waals surface area (Å²) in [4.78, 5) is 23.9. The van der Waals surface area contributed by atoms with Gasteiger partial charge in [0, 0.05) is 24.5 Å². The minimum Gasteiger partial charge on any atom is -0.353 e. The molecule has 28 heavy (non-hydrogen) atoms. The average Bonchev–Trinajstić information content (AvgIpc) is 2.60. The van der Waals surface area contributed by atoms with Gasteiger partial charge in [0.25, 0.3) is 5.91 Å². The molecule has 0 aliphatic heterocycles. The zero-order chi connectivity index (χ0) is 20.8. The van der Waals surface area contributed by atoms with Crippen LogP contribution >= 0.6 is 0 Å². The number of aryl methyl sites for hydroxylation is 1. The Morgan fingerprint density at radius 1 is 1.07 bits per heavy atom. The first-order valence-electron chi connectivity index (χ1n) is 9.87. The third-order valence-electron chi connectivity index (χ3n) is 4.54. The third-order valence-corrected chi connectivity index (χ3v) is 4.54. The van der Waals surface area contributed by atoms with Crippen LogP contribution in [0, 0.1) is 6.92 Å². The molecule has 0 radical (unpaired) electrons. The molecule has 1 aromatic heterocycles. The van der Waals surface area contributed by atoms with Crippen LogP contribution in [0.1, 0.15) is 66.8 Å². The molecule has 2 rings (SSSR count). The quantitative estimate of drug-likeness (QED) is 0.713. The molecule has 1 heterocycles. The van der Waals surface area contributed by atoms with Crippen LogP contribution in [0.3, 0.4) is 0 Å². The van der Waals surface area contributed by atoms with Crippen molar-refractivity contribution in [1.82, 2.24) is 14.9 Å². The molecule has 6 heteroatoms. The molecule has 1 aromatic carbocycles. The summed E-state index contributed by atoms with van der Waals surface area (Å²) in [5.41, 5.74) is 4.29. The van der Waals surface area contributed by atoms with Gasteiger partial charge in [0.1, 0.15) is 5.69 Å². The van der Waals surface area contributed by atoms with Crippen molar-refractivity contribution in [2.24, 2.45) is 0 Å². The number of benzene rings is 1. The van der Waals surface area contributed by atoms with E-state index in [9.17, 15) is 4.79 Å². The summed E-state index contributed by atoms with van der Waals surface area (Å²) in [6.45, 7) is 12.0. The van der Waals surface area contributed by atoms with E-state index in [-0.39, 0.29) is 5.91 Å². The first-order chi connectivity index (χ1) is 13.2. The summed E-state index contributed by atoms with van der Waals surface area (Å²) in [5.74, 6) is 0.887. The number of carbonyl (C=O) groups is 1. The zero-order valence-corrected chi connectivity index (χ0v) is 18.1. The second-order valence-corrected chi connectivity index (χ2v) is 8.02. The van der Waals surface area contributed by atoms with Crippen LogP contribution in [0.2, 0.25) is 0 Å². The van der Waals surface area contributed by atoms with E-state index in [0.717, 1.165) is 29.1 Å². The number of amides is 1. The molecule has 6 nitrogen and oxygen atoms in total. The van der Waals surface area contributed by atoms with Gasteiger partial charge in [-0.05, 0) is 50.0 Å². The van der Waals surface area contributed by atoms with E-state index in [1.54, 1.807) is 6.07 Å². The maximum atomic E-state index is 13.0. The minimum atomic E-state index is -0.212. The highest BCUT2D eigenvalue weighted by molar-refractivity contribution is 6.04. The molecular weight excluding hydrogens is 350 g/mol. The summed E-state index contributed by atoms with van der Waals surface area (Å²) in [6, 6.07) is 7.93. The monoisotopic (exact) mass is 383 g/mol. The van der Waals surface area contributed by atoms with Crippen LogP contribution in [0.5, 0.6) is 0 Å². The number of carbonyl (C=O) groups excluding carboxylic acids is 1. The number of para-hydroxylation sites is 1. The van der Waals surface area contributed by atoms with E-state index in [1.807, 2.05) is 21.0 Å². The fourth-order valence-corrected chi connectivity index (χ4v) is 3.03. The highest BCUT2D eigenvalue weighted by atomic mass is 16.1. The number of hydrogen-bond donors (Lipinski definition) is 2. The van der Waals surface area contributed by atoms with Crippen LogP contribution in [-0.2, 0) is 0 Å². The van der Waals surface area contributed by atoms with Gasteiger partial charge in [-0.15, -0.1) is 0 Å². The fourth-order valence-electron chi connectivity index (χ4n) is 3.03.